The van der Waals surface area contributed by atoms with Crippen molar-refractivity contribution in [3.8, 4) is 5.75 Å². The van der Waals surface area contributed by atoms with Gasteiger partial charge in [-0.2, -0.15) is 0 Å². The summed E-state index contributed by atoms with van der Waals surface area (Å²) in [6.45, 7) is 1.51. The van der Waals surface area contributed by atoms with Gasteiger partial charge in [-0.3, -0.25) is 9.59 Å². The normalized spacial score (nSPS) is 15.2. The molecule has 0 radical (unpaired) electrons. The van der Waals surface area contributed by atoms with Crippen LogP contribution in [0.2, 0.25) is 5.02 Å². The molecule has 3 rings (SSSR count). The Kier molecular flexibility index (Phi) is 5.14. The number of benzene rings is 2. The standard InChI is InChI=1S/C19H16ClN3O4/c1-11-2-5-13(6-3-11)21-17(25)10-23-18(26)15(22-19(23)27)9-12-4-7-16(24)14(20)8-12/h2-9,24H,10H2,1H3,(H,21,25)(H,22,27)/b15-9+. The Morgan fingerprint density at radius 2 is 1.93 bits per heavy atom. The summed E-state index contributed by atoms with van der Waals surface area (Å²) in [6, 6.07) is 10.8. The summed E-state index contributed by atoms with van der Waals surface area (Å²) in [7, 11) is 0. The molecule has 0 unspecified atom stereocenters. The van der Waals surface area contributed by atoms with E-state index in [1.54, 1.807) is 18.2 Å². The van der Waals surface area contributed by atoms with E-state index in [4.69, 9.17) is 11.6 Å². The highest BCUT2D eigenvalue weighted by Crippen LogP contribution is 2.25. The molecule has 1 aliphatic heterocycles. The summed E-state index contributed by atoms with van der Waals surface area (Å²) in [5, 5.41) is 14.6. The van der Waals surface area contributed by atoms with E-state index in [-0.39, 0.29) is 16.5 Å². The predicted molar refractivity (Wildman–Crippen MR) is 101 cm³/mol. The number of imide groups is 1. The van der Waals surface area contributed by atoms with Gasteiger partial charge in [0.15, 0.2) is 0 Å². The van der Waals surface area contributed by atoms with E-state index in [1.165, 1.54) is 18.2 Å². The fourth-order valence-electron chi connectivity index (χ4n) is 2.48. The van der Waals surface area contributed by atoms with Crippen molar-refractivity contribution in [2.24, 2.45) is 0 Å². The van der Waals surface area contributed by atoms with Crippen LogP contribution < -0.4 is 10.6 Å². The first kappa shape index (κ1) is 18.5. The van der Waals surface area contributed by atoms with Gasteiger partial charge in [-0.25, -0.2) is 9.69 Å². The minimum atomic E-state index is -0.685. The molecule has 0 atom stereocenters. The molecule has 138 valence electrons. The predicted octanol–water partition coefficient (Wildman–Crippen LogP) is 2.89. The Morgan fingerprint density at radius 3 is 2.59 bits per heavy atom. The van der Waals surface area contributed by atoms with E-state index in [0.29, 0.717) is 11.3 Å². The van der Waals surface area contributed by atoms with Gasteiger partial charge in [0.1, 0.15) is 18.0 Å². The average Bonchev–Trinajstić information content (AvgIpc) is 2.87. The number of hydrogen-bond donors (Lipinski definition) is 3. The number of rotatable bonds is 4. The molecule has 0 spiro atoms. The number of urea groups is 1. The molecule has 0 aromatic heterocycles. The van der Waals surface area contributed by atoms with Gasteiger partial charge in [0.2, 0.25) is 5.91 Å². The van der Waals surface area contributed by atoms with Crippen molar-refractivity contribution in [2.75, 3.05) is 11.9 Å². The van der Waals surface area contributed by atoms with Gasteiger partial charge in [-0.1, -0.05) is 35.4 Å². The zero-order valence-electron chi connectivity index (χ0n) is 14.3. The third kappa shape index (κ3) is 4.27. The summed E-state index contributed by atoms with van der Waals surface area (Å²) < 4.78 is 0. The third-order valence-electron chi connectivity index (χ3n) is 3.88. The lowest BCUT2D eigenvalue weighted by Gasteiger charge is -2.12. The maximum Gasteiger partial charge on any atom is 0.329 e. The van der Waals surface area contributed by atoms with Crippen LogP contribution in [0.4, 0.5) is 10.5 Å². The summed E-state index contributed by atoms with van der Waals surface area (Å²) in [6.07, 6.45) is 1.42. The molecule has 3 N–H and O–H groups in total. The molecule has 27 heavy (non-hydrogen) atoms. The SMILES string of the molecule is Cc1ccc(NC(=O)CN2C(=O)N/C(=C/c3ccc(O)c(Cl)c3)C2=O)cc1. The van der Waals surface area contributed by atoms with E-state index in [9.17, 15) is 19.5 Å². The number of nitrogens with zero attached hydrogens (tertiary/aromatic N) is 1. The topological polar surface area (TPSA) is 98.7 Å². The number of phenolic OH excluding ortho intramolecular Hbond substituents is 1. The van der Waals surface area contributed by atoms with Crippen molar-refractivity contribution in [3.05, 3.63) is 64.3 Å². The Balaban J connectivity index is 1.70. The summed E-state index contributed by atoms with van der Waals surface area (Å²) >= 11 is 5.83. The van der Waals surface area contributed by atoms with Gasteiger partial charge in [0.05, 0.1) is 5.02 Å². The smallest absolute Gasteiger partial charge is 0.329 e. The van der Waals surface area contributed by atoms with Gasteiger partial charge >= 0.3 is 6.03 Å². The molecule has 1 fully saturated rings. The highest BCUT2D eigenvalue weighted by molar-refractivity contribution is 6.32. The Hall–Kier alpha value is -3.32. The number of aryl methyl sites for hydroxylation is 1. The number of carbonyl (C=O) groups excluding carboxylic acids is 3. The number of halogens is 1. The van der Waals surface area contributed by atoms with Crippen molar-refractivity contribution in [1.29, 1.82) is 0 Å². The van der Waals surface area contributed by atoms with Crippen molar-refractivity contribution in [1.82, 2.24) is 10.2 Å². The van der Waals surface area contributed by atoms with Crippen molar-refractivity contribution >= 4 is 41.2 Å². The molecule has 0 bridgehead atoms. The zero-order chi connectivity index (χ0) is 19.6. The number of phenols is 1. The van der Waals surface area contributed by atoms with Crippen LogP contribution in [0.15, 0.2) is 48.2 Å². The van der Waals surface area contributed by atoms with E-state index in [0.717, 1.165) is 10.5 Å². The minimum absolute atomic E-state index is 0.0184. The summed E-state index contributed by atoms with van der Waals surface area (Å²) in [5.74, 6) is -1.20. The number of hydrogen-bond acceptors (Lipinski definition) is 4. The van der Waals surface area contributed by atoms with Crippen LogP contribution >= 0.6 is 11.6 Å². The van der Waals surface area contributed by atoms with Crippen molar-refractivity contribution in [3.63, 3.8) is 0 Å². The molecule has 1 aliphatic rings. The highest BCUT2D eigenvalue weighted by atomic mass is 35.5. The van der Waals surface area contributed by atoms with Crippen LogP contribution in [0.3, 0.4) is 0 Å². The van der Waals surface area contributed by atoms with Crippen LogP contribution in [0.1, 0.15) is 11.1 Å². The first-order chi connectivity index (χ1) is 12.8. The number of aromatic hydroxyl groups is 1. The molecule has 0 aliphatic carbocycles. The maximum absolute atomic E-state index is 12.4. The lowest BCUT2D eigenvalue weighted by Crippen LogP contribution is -2.38. The van der Waals surface area contributed by atoms with Crippen LogP contribution in [0.5, 0.6) is 5.75 Å². The number of anilines is 1. The molecular weight excluding hydrogens is 370 g/mol. The average molecular weight is 386 g/mol. The van der Waals surface area contributed by atoms with Crippen LogP contribution in [0.25, 0.3) is 6.08 Å². The zero-order valence-corrected chi connectivity index (χ0v) is 15.1. The van der Waals surface area contributed by atoms with Gasteiger partial charge in [-0.05, 0) is 42.8 Å². The molecule has 2 aromatic rings. The Labute approximate surface area is 160 Å². The van der Waals surface area contributed by atoms with E-state index in [1.807, 2.05) is 19.1 Å². The fourth-order valence-corrected chi connectivity index (χ4v) is 2.66. The highest BCUT2D eigenvalue weighted by Gasteiger charge is 2.34. The van der Waals surface area contributed by atoms with Crippen LogP contribution in [-0.2, 0) is 9.59 Å². The van der Waals surface area contributed by atoms with Gasteiger partial charge < -0.3 is 15.7 Å². The second kappa shape index (κ2) is 7.51. The quantitative estimate of drug-likeness (QED) is 0.556. The molecule has 1 heterocycles. The van der Waals surface area contributed by atoms with E-state index >= 15 is 0 Å². The van der Waals surface area contributed by atoms with E-state index in [2.05, 4.69) is 10.6 Å². The number of carbonyl (C=O) groups is 3. The lowest BCUT2D eigenvalue weighted by atomic mass is 10.2. The fraction of sp³-hybridized carbons (Fsp3) is 0.105. The second-order valence-electron chi connectivity index (χ2n) is 6.00. The summed E-state index contributed by atoms with van der Waals surface area (Å²) in [4.78, 5) is 37.4. The lowest BCUT2D eigenvalue weighted by molar-refractivity contribution is -0.127. The molecule has 2 aromatic carbocycles. The molecule has 4 amide bonds. The Bertz CT molecular complexity index is 954. The minimum Gasteiger partial charge on any atom is -0.506 e. The molecular formula is C19H16ClN3O4. The maximum atomic E-state index is 12.4. The molecule has 0 saturated carbocycles. The van der Waals surface area contributed by atoms with Gasteiger partial charge in [0, 0.05) is 5.69 Å². The largest absolute Gasteiger partial charge is 0.506 e. The van der Waals surface area contributed by atoms with Crippen molar-refractivity contribution < 1.29 is 19.5 Å². The van der Waals surface area contributed by atoms with E-state index < -0.39 is 24.4 Å². The number of amides is 4. The monoisotopic (exact) mass is 385 g/mol. The summed E-state index contributed by atoms with van der Waals surface area (Å²) in [5.41, 5.74) is 2.16. The first-order valence-corrected chi connectivity index (χ1v) is 8.41. The third-order valence-corrected chi connectivity index (χ3v) is 4.18. The van der Waals surface area contributed by atoms with Crippen LogP contribution in [0, 0.1) is 6.92 Å². The molecule has 7 nitrogen and oxygen atoms in total. The van der Waals surface area contributed by atoms with Gasteiger partial charge in [0.25, 0.3) is 5.91 Å². The van der Waals surface area contributed by atoms with Crippen LogP contribution in [-0.4, -0.2) is 34.4 Å². The van der Waals surface area contributed by atoms with Gasteiger partial charge in [-0.15, -0.1) is 0 Å². The number of nitrogens with one attached hydrogen (secondary N) is 2. The molecule has 8 heteroatoms. The second-order valence-corrected chi connectivity index (χ2v) is 6.41. The Morgan fingerprint density at radius 1 is 1.22 bits per heavy atom. The molecule has 1 saturated heterocycles. The first-order valence-electron chi connectivity index (χ1n) is 8.03. The van der Waals surface area contributed by atoms with Crippen molar-refractivity contribution in [2.45, 2.75) is 6.92 Å².